The van der Waals surface area contributed by atoms with Gasteiger partial charge in [-0.2, -0.15) is 5.10 Å². The summed E-state index contributed by atoms with van der Waals surface area (Å²) in [6, 6.07) is 10.6. The van der Waals surface area contributed by atoms with E-state index in [1.54, 1.807) is 24.7 Å². The molecule has 0 saturated heterocycles. The predicted molar refractivity (Wildman–Crippen MR) is 97.8 cm³/mol. The number of allylic oxidation sites excluding steroid dienone is 1. The molecule has 6 nitrogen and oxygen atoms in total. The molecule has 1 fully saturated rings. The average Bonchev–Trinajstić information content (AvgIpc) is 3.48. The van der Waals surface area contributed by atoms with Gasteiger partial charge in [-0.05, 0) is 67.3 Å². The Labute approximate surface area is 155 Å². The molecule has 2 atom stereocenters. The highest BCUT2D eigenvalue weighted by Crippen LogP contribution is 2.45. The molecule has 0 N–H and O–H groups in total. The molecule has 0 aromatic carbocycles. The van der Waals surface area contributed by atoms with Crippen molar-refractivity contribution in [3.05, 3.63) is 78.0 Å². The van der Waals surface area contributed by atoms with Crippen molar-refractivity contribution in [2.45, 2.75) is 25.3 Å². The van der Waals surface area contributed by atoms with E-state index in [4.69, 9.17) is 18.4 Å². The monoisotopic (exact) mass is 362 g/mol. The molecule has 3 aromatic heterocycles. The van der Waals surface area contributed by atoms with Gasteiger partial charge in [-0.3, -0.25) is 4.79 Å². The third-order valence-electron chi connectivity index (χ3n) is 5.14. The first-order valence-electron chi connectivity index (χ1n) is 9.04. The highest BCUT2D eigenvalue weighted by Gasteiger charge is 2.45. The van der Waals surface area contributed by atoms with Gasteiger partial charge in [-0.25, -0.2) is 5.01 Å². The molecule has 5 rings (SSSR count). The molecule has 4 heterocycles. The summed E-state index contributed by atoms with van der Waals surface area (Å²) in [6.07, 6.45) is 9.67. The largest absolute Gasteiger partial charge is 0.467 e. The molecule has 0 unspecified atom stereocenters. The van der Waals surface area contributed by atoms with Gasteiger partial charge in [0.15, 0.2) is 5.76 Å². The number of hydrogen-bond donors (Lipinski definition) is 0. The van der Waals surface area contributed by atoms with Gasteiger partial charge in [0, 0.05) is 5.92 Å². The van der Waals surface area contributed by atoms with Crippen LogP contribution < -0.4 is 0 Å². The van der Waals surface area contributed by atoms with E-state index in [1.165, 1.54) is 11.3 Å². The van der Waals surface area contributed by atoms with Gasteiger partial charge < -0.3 is 13.3 Å². The summed E-state index contributed by atoms with van der Waals surface area (Å²) in [4.78, 5) is 13.0. The van der Waals surface area contributed by atoms with Gasteiger partial charge in [-0.1, -0.05) is 0 Å². The van der Waals surface area contributed by atoms with Crippen molar-refractivity contribution in [1.29, 1.82) is 0 Å². The number of amides is 1. The highest BCUT2D eigenvalue weighted by molar-refractivity contribution is 6.08. The van der Waals surface area contributed by atoms with E-state index in [-0.39, 0.29) is 23.6 Å². The van der Waals surface area contributed by atoms with Crippen molar-refractivity contribution in [3.8, 4) is 0 Å². The van der Waals surface area contributed by atoms with Crippen LogP contribution in [0, 0.1) is 5.92 Å². The summed E-state index contributed by atoms with van der Waals surface area (Å²) >= 11 is 0. The quantitative estimate of drug-likeness (QED) is 0.664. The van der Waals surface area contributed by atoms with Gasteiger partial charge in [0.2, 0.25) is 0 Å². The Kier molecular flexibility index (Phi) is 3.81. The first-order chi connectivity index (χ1) is 13.3. The zero-order valence-corrected chi connectivity index (χ0v) is 14.6. The zero-order valence-electron chi connectivity index (χ0n) is 14.6. The molecule has 1 saturated carbocycles. The number of carbonyl (C=O) groups excluding carboxylic acids is 1. The van der Waals surface area contributed by atoms with E-state index in [2.05, 4.69) is 0 Å². The molecule has 2 aliphatic rings. The van der Waals surface area contributed by atoms with E-state index in [9.17, 15) is 4.79 Å². The molecular formula is C21H18N2O4. The minimum Gasteiger partial charge on any atom is -0.467 e. The summed E-state index contributed by atoms with van der Waals surface area (Å²) in [6.45, 7) is 0. The van der Waals surface area contributed by atoms with Crippen molar-refractivity contribution >= 4 is 17.7 Å². The summed E-state index contributed by atoms with van der Waals surface area (Å²) in [5, 5.41) is 6.25. The van der Waals surface area contributed by atoms with Crippen LogP contribution in [0.4, 0.5) is 0 Å². The fourth-order valence-electron chi connectivity index (χ4n) is 3.96. The minimum absolute atomic E-state index is 0.0880. The molecule has 0 radical (unpaired) electrons. The fraction of sp³-hybridized carbons (Fsp3) is 0.238. The Morgan fingerprint density at radius 1 is 1.07 bits per heavy atom. The molecule has 3 aromatic rings. The summed E-state index contributed by atoms with van der Waals surface area (Å²) in [5.41, 5.74) is 2.03. The van der Waals surface area contributed by atoms with E-state index < -0.39 is 0 Å². The SMILES string of the molecule is O=C(c1ccco1)N1N=C2/C(=C\c3ccco3)CCC[C@@H]2[C@@H]1c1ccco1. The van der Waals surface area contributed by atoms with E-state index in [1.807, 2.05) is 30.3 Å². The summed E-state index contributed by atoms with van der Waals surface area (Å²) in [5.74, 6) is 1.62. The average molecular weight is 362 g/mol. The second kappa shape index (κ2) is 6.46. The number of hydrogen-bond acceptors (Lipinski definition) is 5. The van der Waals surface area contributed by atoms with Crippen LogP contribution in [-0.4, -0.2) is 16.6 Å². The van der Waals surface area contributed by atoms with Crippen molar-refractivity contribution in [2.75, 3.05) is 0 Å². The van der Waals surface area contributed by atoms with Gasteiger partial charge in [0.25, 0.3) is 0 Å². The maximum absolute atomic E-state index is 13.0. The molecule has 6 heteroatoms. The van der Waals surface area contributed by atoms with Gasteiger partial charge >= 0.3 is 5.91 Å². The van der Waals surface area contributed by atoms with Crippen molar-refractivity contribution in [3.63, 3.8) is 0 Å². The molecule has 1 aliphatic carbocycles. The van der Waals surface area contributed by atoms with Gasteiger partial charge in [0.05, 0.1) is 24.5 Å². The van der Waals surface area contributed by atoms with E-state index in [0.717, 1.165) is 42.1 Å². The van der Waals surface area contributed by atoms with Crippen LogP contribution in [0.2, 0.25) is 0 Å². The van der Waals surface area contributed by atoms with Crippen molar-refractivity contribution < 1.29 is 18.0 Å². The Balaban J connectivity index is 1.57. The number of carbonyl (C=O) groups is 1. The van der Waals surface area contributed by atoms with Crippen LogP contribution in [0.1, 0.15) is 47.4 Å². The lowest BCUT2D eigenvalue weighted by molar-refractivity contribution is 0.0624. The first-order valence-corrected chi connectivity index (χ1v) is 9.04. The Bertz CT molecular complexity index is 981. The Hall–Kier alpha value is -3.28. The molecule has 0 spiro atoms. The topological polar surface area (TPSA) is 72.1 Å². The maximum Gasteiger partial charge on any atom is 0.310 e. The molecular weight excluding hydrogens is 344 g/mol. The summed E-state index contributed by atoms with van der Waals surface area (Å²) in [7, 11) is 0. The third-order valence-corrected chi connectivity index (χ3v) is 5.14. The smallest absolute Gasteiger partial charge is 0.310 e. The Morgan fingerprint density at radius 3 is 2.63 bits per heavy atom. The van der Waals surface area contributed by atoms with Crippen LogP contribution in [0.15, 0.2) is 79.1 Å². The lowest BCUT2D eigenvalue weighted by atomic mass is 9.79. The number of rotatable bonds is 3. The van der Waals surface area contributed by atoms with Crippen LogP contribution >= 0.6 is 0 Å². The predicted octanol–water partition coefficient (Wildman–Crippen LogP) is 4.90. The second-order valence-electron chi connectivity index (χ2n) is 6.76. The van der Waals surface area contributed by atoms with E-state index >= 15 is 0 Å². The fourth-order valence-corrected chi connectivity index (χ4v) is 3.96. The number of nitrogens with zero attached hydrogens (tertiary/aromatic N) is 2. The second-order valence-corrected chi connectivity index (χ2v) is 6.76. The molecule has 27 heavy (non-hydrogen) atoms. The first kappa shape index (κ1) is 15.9. The Morgan fingerprint density at radius 2 is 1.89 bits per heavy atom. The van der Waals surface area contributed by atoms with Crippen molar-refractivity contribution in [1.82, 2.24) is 5.01 Å². The summed E-state index contributed by atoms with van der Waals surface area (Å²) < 4.78 is 16.5. The lowest BCUT2D eigenvalue weighted by Crippen LogP contribution is -2.31. The molecule has 1 aliphatic heterocycles. The van der Waals surface area contributed by atoms with E-state index in [0.29, 0.717) is 0 Å². The molecule has 0 bridgehead atoms. The zero-order chi connectivity index (χ0) is 18.2. The van der Waals surface area contributed by atoms with Gasteiger partial charge in [-0.15, -0.1) is 0 Å². The maximum atomic E-state index is 13.0. The lowest BCUT2D eigenvalue weighted by Gasteiger charge is -2.27. The van der Waals surface area contributed by atoms with Crippen LogP contribution in [0.3, 0.4) is 0 Å². The number of furan rings is 3. The van der Waals surface area contributed by atoms with Crippen LogP contribution in [0.25, 0.3) is 6.08 Å². The van der Waals surface area contributed by atoms with Crippen molar-refractivity contribution in [2.24, 2.45) is 11.0 Å². The standard InChI is InChI=1S/C21H18N2O4/c24-21(18-9-4-12-27-18)23-20(17-8-3-11-26-17)16-7-1-5-14(19(16)22-23)13-15-6-2-10-25-15/h2-4,6,8-13,16,20H,1,5,7H2/b14-13-/t16-,20+/m0/s1. The van der Waals surface area contributed by atoms with Gasteiger partial charge in [0.1, 0.15) is 17.6 Å². The molecule has 1 amide bonds. The molecule has 136 valence electrons. The van der Waals surface area contributed by atoms with Crippen LogP contribution in [-0.2, 0) is 0 Å². The third kappa shape index (κ3) is 2.73. The number of hydrazone groups is 1. The normalized spacial score (nSPS) is 23.5. The highest BCUT2D eigenvalue weighted by atomic mass is 16.3. The van der Waals surface area contributed by atoms with Crippen LogP contribution in [0.5, 0.6) is 0 Å². The minimum atomic E-state index is -0.270. The number of fused-ring (bicyclic) bond motifs is 1.